The highest BCUT2D eigenvalue weighted by Crippen LogP contribution is 2.29. The molecule has 0 saturated carbocycles. The molecular weight excluding hydrogens is 482 g/mol. The Morgan fingerprint density at radius 2 is 1.00 bits per heavy atom. The zero-order valence-electron chi connectivity index (χ0n) is 23.1. The summed E-state index contributed by atoms with van der Waals surface area (Å²) in [6.45, 7) is 12.7. The number of benzene rings is 5. The summed E-state index contributed by atoms with van der Waals surface area (Å²) in [6, 6.07) is 46.3. The fraction of sp³-hybridized carbons (Fsp3) is 0.0513. The Morgan fingerprint density at radius 1 is 0.550 bits per heavy atom. The van der Waals surface area contributed by atoms with E-state index in [0.717, 1.165) is 44.8 Å². The fourth-order valence-corrected chi connectivity index (χ4v) is 4.90. The van der Waals surface area contributed by atoms with Crippen molar-refractivity contribution in [2.45, 2.75) is 13.8 Å². The van der Waals surface area contributed by atoms with Gasteiger partial charge in [-0.3, -0.25) is 0 Å². The summed E-state index contributed by atoms with van der Waals surface area (Å²) in [5.74, 6) is 0. The minimum Gasteiger partial charge on any atom is -0.248 e. The Bertz CT molecular complexity index is 1690. The molecule has 0 aliphatic heterocycles. The van der Waals surface area contributed by atoms with Crippen molar-refractivity contribution in [1.82, 2.24) is 0 Å². The third-order valence-electron chi connectivity index (χ3n) is 7.34. The molecule has 0 radical (unpaired) electrons. The van der Waals surface area contributed by atoms with E-state index >= 15 is 0 Å². The van der Waals surface area contributed by atoms with Gasteiger partial charge < -0.3 is 0 Å². The molecule has 0 N–H and O–H groups in total. The first-order valence-electron chi connectivity index (χ1n) is 13.5. The molecule has 0 fully saturated rings. The van der Waals surface area contributed by atoms with Crippen LogP contribution in [-0.4, -0.2) is 5.71 Å². The second kappa shape index (κ2) is 12.2. The highest BCUT2D eigenvalue weighted by molar-refractivity contribution is 6.18. The van der Waals surface area contributed by atoms with Gasteiger partial charge in [0.1, 0.15) is 0 Å². The van der Waals surface area contributed by atoms with Gasteiger partial charge in [-0.25, -0.2) is 4.99 Å². The molecule has 5 aromatic rings. The van der Waals surface area contributed by atoms with E-state index in [2.05, 4.69) is 142 Å². The lowest BCUT2D eigenvalue weighted by molar-refractivity contribution is 1.42. The standard InChI is InChI=1S/C39H33N/c1-5-31-14-12-13-19-38(31)28(2)29(3)39(37-26-24-36(25-27-37)34-17-10-7-11-18-34)40-30(4)32-20-22-35(23-21-32)33-15-8-6-9-16-33/h5-27H,1,4H2,2-3H3/b29-28+,40-39?. The molecule has 5 rings (SSSR count). The van der Waals surface area contributed by atoms with Crippen LogP contribution in [0, 0.1) is 0 Å². The molecule has 5 aromatic carbocycles. The summed E-state index contributed by atoms with van der Waals surface area (Å²) < 4.78 is 0. The van der Waals surface area contributed by atoms with Crippen LogP contribution in [0.1, 0.15) is 36.1 Å². The molecule has 0 heterocycles. The average Bonchev–Trinajstić information content (AvgIpc) is 3.04. The van der Waals surface area contributed by atoms with Crippen molar-refractivity contribution in [1.29, 1.82) is 0 Å². The summed E-state index contributed by atoms with van der Waals surface area (Å²) in [5.41, 5.74) is 12.9. The van der Waals surface area contributed by atoms with Gasteiger partial charge in [0.05, 0.1) is 11.4 Å². The van der Waals surface area contributed by atoms with E-state index in [0.29, 0.717) is 0 Å². The lowest BCUT2D eigenvalue weighted by atomic mass is 9.92. The second-order valence-corrected chi connectivity index (χ2v) is 9.84. The maximum atomic E-state index is 5.16. The van der Waals surface area contributed by atoms with E-state index in [1.54, 1.807) is 0 Å². The topological polar surface area (TPSA) is 12.4 Å². The van der Waals surface area contributed by atoms with Crippen molar-refractivity contribution in [2.75, 3.05) is 0 Å². The molecule has 194 valence electrons. The molecular formula is C39H33N. The van der Waals surface area contributed by atoms with E-state index in [4.69, 9.17) is 4.99 Å². The molecule has 0 unspecified atom stereocenters. The van der Waals surface area contributed by atoms with Crippen molar-refractivity contribution >= 4 is 23.1 Å². The molecule has 0 aliphatic carbocycles. The monoisotopic (exact) mass is 515 g/mol. The first-order chi connectivity index (χ1) is 19.5. The van der Waals surface area contributed by atoms with Crippen LogP contribution in [0.15, 0.2) is 157 Å². The van der Waals surface area contributed by atoms with Gasteiger partial charge >= 0.3 is 0 Å². The third kappa shape index (κ3) is 5.85. The highest BCUT2D eigenvalue weighted by atomic mass is 14.8. The van der Waals surface area contributed by atoms with Crippen molar-refractivity contribution in [3.63, 3.8) is 0 Å². The minimum absolute atomic E-state index is 0.728. The van der Waals surface area contributed by atoms with Gasteiger partial charge in [-0.05, 0) is 63.9 Å². The molecule has 0 aliphatic rings. The predicted molar refractivity (Wildman–Crippen MR) is 174 cm³/mol. The number of nitrogens with zero attached hydrogens (tertiary/aromatic N) is 1. The Kier molecular flexibility index (Phi) is 8.13. The molecule has 0 saturated heterocycles. The normalized spacial score (nSPS) is 12.0. The summed E-state index contributed by atoms with van der Waals surface area (Å²) in [7, 11) is 0. The zero-order valence-corrected chi connectivity index (χ0v) is 23.1. The Hall–Kier alpha value is -5.01. The van der Waals surface area contributed by atoms with E-state index in [9.17, 15) is 0 Å². The molecule has 0 bridgehead atoms. The van der Waals surface area contributed by atoms with Crippen LogP contribution in [-0.2, 0) is 0 Å². The van der Waals surface area contributed by atoms with Crippen molar-refractivity contribution in [3.05, 3.63) is 174 Å². The van der Waals surface area contributed by atoms with Crippen LogP contribution >= 0.6 is 0 Å². The lowest BCUT2D eigenvalue weighted by Gasteiger charge is -2.15. The number of hydrogen-bond donors (Lipinski definition) is 0. The first kappa shape index (κ1) is 26.6. The highest BCUT2D eigenvalue weighted by Gasteiger charge is 2.14. The van der Waals surface area contributed by atoms with Gasteiger partial charge in [-0.1, -0.05) is 153 Å². The Balaban J connectivity index is 1.56. The van der Waals surface area contributed by atoms with E-state index in [1.807, 2.05) is 24.3 Å². The van der Waals surface area contributed by atoms with Gasteiger partial charge in [0.15, 0.2) is 0 Å². The average molecular weight is 516 g/mol. The molecule has 1 heteroatoms. The van der Waals surface area contributed by atoms with Gasteiger partial charge in [0.2, 0.25) is 0 Å². The largest absolute Gasteiger partial charge is 0.248 e. The van der Waals surface area contributed by atoms with E-state index in [-0.39, 0.29) is 0 Å². The van der Waals surface area contributed by atoms with Gasteiger partial charge in [0, 0.05) is 5.56 Å². The van der Waals surface area contributed by atoms with Crippen LogP contribution in [0.2, 0.25) is 0 Å². The Labute approximate surface area is 238 Å². The zero-order chi connectivity index (χ0) is 27.9. The smallest absolute Gasteiger partial charge is 0.0741 e. The van der Waals surface area contributed by atoms with E-state index in [1.165, 1.54) is 22.3 Å². The quantitative estimate of drug-likeness (QED) is 0.182. The van der Waals surface area contributed by atoms with E-state index < -0.39 is 0 Å². The maximum Gasteiger partial charge on any atom is 0.0741 e. The van der Waals surface area contributed by atoms with Crippen LogP contribution in [0.5, 0.6) is 0 Å². The first-order valence-corrected chi connectivity index (χ1v) is 13.5. The van der Waals surface area contributed by atoms with Crippen LogP contribution in [0.4, 0.5) is 0 Å². The fourth-order valence-electron chi connectivity index (χ4n) is 4.90. The Morgan fingerprint density at radius 3 is 1.52 bits per heavy atom. The summed E-state index contributed by atoms with van der Waals surface area (Å²) in [6.07, 6.45) is 1.91. The maximum absolute atomic E-state index is 5.16. The van der Waals surface area contributed by atoms with Crippen molar-refractivity contribution in [2.24, 2.45) is 4.99 Å². The molecule has 0 amide bonds. The van der Waals surface area contributed by atoms with Crippen molar-refractivity contribution < 1.29 is 0 Å². The molecule has 1 nitrogen and oxygen atoms in total. The molecule has 0 atom stereocenters. The summed E-state index contributed by atoms with van der Waals surface area (Å²) in [4.78, 5) is 5.16. The third-order valence-corrected chi connectivity index (χ3v) is 7.34. The molecule has 40 heavy (non-hydrogen) atoms. The number of hydrogen-bond acceptors (Lipinski definition) is 1. The van der Waals surface area contributed by atoms with Crippen LogP contribution in [0.25, 0.3) is 39.6 Å². The number of allylic oxidation sites excluding steroid dienone is 2. The lowest BCUT2D eigenvalue weighted by Crippen LogP contribution is -2.06. The van der Waals surface area contributed by atoms with Crippen LogP contribution < -0.4 is 0 Å². The van der Waals surface area contributed by atoms with Crippen molar-refractivity contribution in [3.8, 4) is 22.3 Å². The predicted octanol–water partition coefficient (Wildman–Crippen LogP) is 10.6. The van der Waals surface area contributed by atoms with Gasteiger partial charge in [0.25, 0.3) is 0 Å². The molecule has 0 spiro atoms. The summed E-state index contributed by atoms with van der Waals surface area (Å²) >= 11 is 0. The van der Waals surface area contributed by atoms with Crippen LogP contribution in [0.3, 0.4) is 0 Å². The summed E-state index contributed by atoms with van der Waals surface area (Å²) in [5, 5.41) is 0. The minimum atomic E-state index is 0.728. The second-order valence-electron chi connectivity index (χ2n) is 9.84. The van der Waals surface area contributed by atoms with Gasteiger partial charge in [-0.15, -0.1) is 0 Å². The van der Waals surface area contributed by atoms with Gasteiger partial charge in [-0.2, -0.15) is 0 Å². The number of rotatable bonds is 8. The molecule has 0 aromatic heterocycles. The number of aliphatic imine (C=N–C) groups is 1. The SMILES string of the molecule is C=Cc1ccccc1/C(C)=C(\C)C(=NC(=C)c1ccc(-c2ccccc2)cc1)c1ccc(-c2ccccc2)cc1.